The predicted molar refractivity (Wildman–Crippen MR) is 60.1 cm³/mol. The van der Waals surface area contributed by atoms with Crippen LogP contribution in [0.4, 0.5) is 4.39 Å². The molecule has 0 saturated heterocycles. The quantitative estimate of drug-likeness (QED) is 0.504. The Morgan fingerprint density at radius 3 is 2.93 bits per heavy atom. The zero-order chi connectivity index (χ0) is 11.0. The highest BCUT2D eigenvalue weighted by Gasteiger charge is 2.29. The summed E-state index contributed by atoms with van der Waals surface area (Å²) in [7, 11) is -0.982. The summed E-state index contributed by atoms with van der Waals surface area (Å²) in [5.41, 5.74) is 1.23. The summed E-state index contributed by atoms with van der Waals surface area (Å²) in [6.07, 6.45) is 0. The molecule has 0 aromatic heterocycles. The van der Waals surface area contributed by atoms with Crippen molar-refractivity contribution in [2.45, 2.75) is 15.7 Å². The van der Waals surface area contributed by atoms with Gasteiger partial charge in [-0.25, -0.2) is 4.39 Å². The van der Waals surface area contributed by atoms with Crippen LogP contribution < -0.4 is 5.46 Å². The molecule has 80 valence electrons. The first-order valence-electron chi connectivity index (χ1n) is 4.14. The number of benzene rings is 1. The minimum absolute atomic E-state index is 0.226. The monoisotopic (exact) mass is 266 g/mol. The number of rotatable bonds is 2. The summed E-state index contributed by atoms with van der Waals surface area (Å²) < 4.78 is 17.7. The number of fused-ring (bicyclic) bond motifs is 1. The van der Waals surface area contributed by atoms with Crippen LogP contribution in [0.2, 0.25) is 0 Å². The van der Waals surface area contributed by atoms with E-state index in [0.29, 0.717) is 15.9 Å². The molecule has 1 aliphatic heterocycles. The molecule has 1 N–H and O–H groups in total. The van der Waals surface area contributed by atoms with Gasteiger partial charge in [-0.2, -0.15) is 0 Å². The first-order chi connectivity index (χ1) is 7.08. The van der Waals surface area contributed by atoms with Crippen molar-refractivity contribution < 1.29 is 14.1 Å². The van der Waals surface area contributed by atoms with Crippen molar-refractivity contribution in [1.29, 1.82) is 0 Å². The van der Waals surface area contributed by atoms with Crippen molar-refractivity contribution in [2.24, 2.45) is 0 Å². The molecule has 1 heterocycles. The van der Waals surface area contributed by atoms with Gasteiger partial charge < -0.3 is 9.68 Å². The van der Waals surface area contributed by atoms with Crippen LogP contribution >= 0.6 is 35.0 Å². The largest absolute Gasteiger partial charge is 0.491 e. The predicted octanol–water partition coefficient (Wildman–Crippen LogP) is 1.90. The van der Waals surface area contributed by atoms with Gasteiger partial charge in [-0.1, -0.05) is 35.0 Å². The molecule has 2 rings (SSSR count). The Hall–Kier alpha value is 0.0649. The smallest absolute Gasteiger partial charge is 0.423 e. The van der Waals surface area contributed by atoms with E-state index in [0.717, 1.165) is 11.8 Å². The van der Waals surface area contributed by atoms with E-state index in [1.165, 1.54) is 12.1 Å². The van der Waals surface area contributed by atoms with Crippen molar-refractivity contribution in [1.82, 2.24) is 0 Å². The third-order valence-corrected chi connectivity index (χ3v) is 3.35. The van der Waals surface area contributed by atoms with Gasteiger partial charge in [0.15, 0.2) is 4.17 Å². The molecule has 0 radical (unpaired) electrons. The standard InChI is InChI=1S/C8H6BCl2FO2S/c10-8(11)15-7-2-5-4(1-6(7)12)3-14-9(5)13/h1-2,8,13H,3H2. The van der Waals surface area contributed by atoms with E-state index in [2.05, 4.69) is 0 Å². The fourth-order valence-corrected chi connectivity index (χ4v) is 2.54. The molecule has 15 heavy (non-hydrogen) atoms. The SMILES string of the molecule is OB1OCc2cc(F)c(SC(Cl)Cl)cc21. The Morgan fingerprint density at radius 1 is 1.53 bits per heavy atom. The summed E-state index contributed by atoms with van der Waals surface area (Å²) in [5.74, 6) is -0.400. The van der Waals surface area contributed by atoms with Crippen molar-refractivity contribution in [3.63, 3.8) is 0 Å². The highest BCUT2D eigenvalue weighted by molar-refractivity contribution is 8.02. The summed E-state index contributed by atoms with van der Waals surface area (Å²) in [6.45, 7) is 0.226. The van der Waals surface area contributed by atoms with E-state index in [4.69, 9.17) is 27.9 Å². The van der Waals surface area contributed by atoms with E-state index in [1.54, 1.807) is 0 Å². The van der Waals surface area contributed by atoms with Crippen LogP contribution in [-0.4, -0.2) is 16.3 Å². The second kappa shape index (κ2) is 4.51. The van der Waals surface area contributed by atoms with E-state index in [9.17, 15) is 9.41 Å². The lowest BCUT2D eigenvalue weighted by atomic mass is 9.80. The molecule has 0 saturated carbocycles. The second-order valence-electron chi connectivity index (χ2n) is 3.02. The van der Waals surface area contributed by atoms with Crippen LogP contribution in [0.1, 0.15) is 5.56 Å². The number of hydrogen-bond donors (Lipinski definition) is 1. The molecule has 1 aliphatic rings. The van der Waals surface area contributed by atoms with E-state index >= 15 is 0 Å². The van der Waals surface area contributed by atoms with Gasteiger partial charge in [-0.05, 0) is 23.2 Å². The van der Waals surface area contributed by atoms with E-state index in [1.807, 2.05) is 0 Å². The van der Waals surface area contributed by atoms with E-state index < -0.39 is 17.1 Å². The van der Waals surface area contributed by atoms with Crippen molar-refractivity contribution in [2.75, 3.05) is 0 Å². The highest BCUT2D eigenvalue weighted by Crippen LogP contribution is 2.31. The molecule has 1 aromatic carbocycles. The lowest BCUT2D eigenvalue weighted by Gasteiger charge is -2.06. The third kappa shape index (κ3) is 2.42. The maximum absolute atomic E-state index is 13.5. The second-order valence-corrected chi connectivity index (χ2v) is 5.78. The van der Waals surface area contributed by atoms with Crippen molar-refractivity contribution in [3.05, 3.63) is 23.5 Å². The average Bonchev–Trinajstić information content (AvgIpc) is 2.48. The lowest BCUT2D eigenvalue weighted by molar-refractivity contribution is 0.275. The van der Waals surface area contributed by atoms with Crippen LogP contribution in [0.15, 0.2) is 17.0 Å². The number of halogens is 3. The van der Waals surface area contributed by atoms with Gasteiger partial charge in [0.1, 0.15) is 5.82 Å². The first kappa shape index (κ1) is 11.5. The molecule has 0 bridgehead atoms. The maximum atomic E-state index is 13.5. The Bertz CT molecular complexity index is 391. The van der Waals surface area contributed by atoms with E-state index in [-0.39, 0.29) is 6.61 Å². The summed E-state index contributed by atoms with van der Waals surface area (Å²) in [6, 6.07) is 2.86. The minimum atomic E-state index is -0.982. The molecule has 0 aliphatic carbocycles. The van der Waals surface area contributed by atoms with Gasteiger partial charge >= 0.3 is 7.12 Å². The molecular formula is C8H6BCl2FO2S. The zero-order valence-electron chi connectivity index (χ0n) is 7.41. The van der Waals surface area contributed by atoms with Gasteiger partial charge in [0, 0.05) is 4.90 Å². The molecule has 0 fully saturated rings. The molecule has 0 unspecified atom stereocenters. The van der Waals surface area contributed by atoms with Crippen LogP contribution in [0, 0.1) is 5.82 Å². The van der Waals surface area contributed by atoms with Gasteiger partial charge in [0.2, 0.25) is 0 Å². The Morgan fingerprint density at radius 2 is 2.27 bits per heavy atom. The van der Waals surface area contributed by atoms with Gasteiger partial charge in [-0.15, -0.1) is 0 Å². The Labute approximate surface area is 101 Å². The average molecular weight is 267 g/mol. The molecule has 0 spiro atoms. The summed E-state index contributed by atoms with van der Waals surface area (Å²) in [4.78, 5) is 0.313. The molecular weight excluding hydrogens is 261 g/mol. The van der Waals surface area contributed by atoms with Crippen LogP contribution in [0.25, 0.3) is 0 Å². The van der Waals surface area contributed by atoms with Crippen molar-refractivity contribution >= 4 is 47.5 Å². The third-order valence-electron chi connectivity index (χ3n) is 2.07. The number of hydrogen-bond acceptors (Lipinski definition) is 3. The number of alkyl halides is 2. The molecule has 0 amide bonds. The first-order valence-corrected chi connectivity index (χ1v) is 5.90. The summed E-state index contributed by atoms with van der Waals surface area (Å²) in [5, 5.41) is 9.41. The fraction of sp³-hybridized carbons (Fsp3) is 0.250. The maximum Gasteiger partial charge on any atom is 0.491 e. The van der Waals surface area contributed by atoms with Gasteiger partial charge in [0.05, 0.1) is 6.61 Å². The molecule has 0 atom stereocenters. The lowest BCUT2D eigenvalue weighted by Crippen LogP contribution is -2.28. The molecule has 7 heteroatoms. The van der Waals surface area contributed by atoms with Crippen molar-refractivity contribution in [3.8, 4) is 0 Å². The molecule has 1 aromatic rings. The summed E-state index contributed by atoms with van der Waals surface area (Å²) >= 11 is 12.1. The molecule has 2 nitrogen and oxygen atoms in total. The fourth-order valence-electron chi connectivity index (χ4n) is 1.41. The van der Waals surface area contributed by atoms with Crippen LogP contribution in [0.3, 0.4) is 0 Å². The normalized spacial score (nSPS) is 14.9. The number of thioether (sulfide) groups is 1. The Kier molecular flexibility index (Phi) is 3.47. The minimum Gasteiger partial charge on any atom is -0.423 e. The van der Waals surface area contributed by atoms with Crippen LogP contribution in [0.5, 0.6) is 0 Å². The Balaban J connectivity index is 2.37. The zero-order valence-corrected chi connectivity index (χ0v) is 9.74. The highest BCUT2D eigenvalue weighted by atomic mass is 35.5. The van der Waals surface area contributed by atoms with Crippen LogP contribution in [-0.2, 0) is 11.3 Å². The topological polar surface area (TPSA) is 29.5 Å². The van der Waals surface area contributed by atoms with Gasteiger partial charge in [-0.3, -0.25) is 0 Å². The van der Waals surface area contributed by atoms with Gasteiger partial charge in [0.25, 0.3) is 0 Å².